The second-order valence-electron chi connectivity index (χ2n) is 6.62. The number of halogens is 3. The Morgan fingerprint density at radius 1 is 1.35 bits per heavy atom. The lowest BCUT2D eigenvalue weighted by Gasteiger charge is -2.34. The van der Waals surface area contributed by atoms with Crippen molar-refractivity contribution < 1.29 is 18.0 Å². The first-order valence-electron chi connectivity index (χ1n) is 8.49. The normalized spacial score (nSPS) is 18.0. The fourth-order valence-electron chi connectivity index (χ4n) is 3.17. The summed E-state index contributed by atoms with van der Waals surface area (Å²) in [4.78, 5) is 18.1. The first kappa shape index (κ1) is 18.3. The molecule has 0 radical (unpaired) electrons. The molecule has 1 unspecified atom stereocenters. The van der Waals surface area contributed by atoms with Gasteiger partial charge in [-0.25, -0.2) is 4.98 Å². The van der Waals surface area contributed by atoms with Crippen molar-refractivity contribution >= 4 is 11.7 Å². The molecule has 2 aromatic rings. The minimum Gasteiger partial charge on any atom is -0.357 e. The van der Waals surface area contributed by atoms with Gasteiger partial charge in [0.1, 0.15) is 5.82 Å². The van der Waals surface area contributed by atoms with Crippen LogP contribution in [0.15, 0.2) is 36.8 Å². The van der Waals surface area contributed by atoms with Gasteiger partial charge in [0.25, 0.3) is 0 Å². The highest BCUT2D eigenvalue weighted by atomic mass is 19.4. The topological polar surface area (TPSA) is 50.2 Å². The van der Waals surface area contributed by atoms with Gasteiger partial charge in [-0.1, -0.05) is 0 Å². The number of aromatic nitrogens is 2. The van der Waals surface area contributed by atoms with Crippen LogP contribution in [0.2, 0.25) is 0 Å². The van der Waals surface area contributed by atoms with Crippen LogP contribution < -0.4 is 10.2 Å². The molecule has 0 spiro atoms. The van der Waals surface area contributed by atoms with E-state index in [1.54, 1.807) is 0 Å². The first-order valence-corrected chi connectivity index (χ1v) is 8.49. The standard InChI is InChI=1S/C18H21F3N4O/c1-24-8-6-13(11-24)9-17(26)23-15-3-2-7-25(12-15)16-5-4-14(10-22-16)18(19,20)21/h4-6,8,10-11,15H,2-3,7,9,12H2,1H3,(H,23,26). The van der Waals surface area contributed by atoms with E-state index >= 15 is 0 Å². The Bertz CT molecular complexity index is 755. The summed E-state index contributed by atoms with van der Waals surface area (Å²) in [5, 5.41) is 3.01. The Morgan fingerprint density at radius 3 is 2.77 bits per heavy atom. The molecule has 0 bridgehead atoms. The summed E-state index contributed by atoms with van der Waals surface area (Å²) in [5.41, 5.74) is 0.188. The minimum atomic E-state index is -4.39. The quantitative estimate of drug-likeness (QED) is 0.905. The lowest BCUT2D eigenvalue weighted by molar-refractivity contribution is -0.137. The zero-order chi connectivity index (χ0) is 18.7. The number of hydrogen-bond acceptors (Lipinski definition) is 3. The van der Waals surface area contributed by atoms with Gasteiger partial charge in [-0.3, -0.25) is 4.79 Å². The number of hydrogen-bond donors (Lipinski definition) is 1. The molecular formula is C18H21F3N4O. The number of aryl methyl sites for hydroxylation is 1. The van der Waals surface area contributed by atoms with Gasteiger partial charge in [-0.05, 0) is 36.6 Å². The summed E-state index contributed by atoms with van der Waals surface area (Å²) < 4.78 is 39.8. The van der Waals surface area contributed by atoms with Gasteiger partial charge in [0.15, 0.2) is 0 Å². The van der Waals surface area contributed by atoms with E-state index in [9.17, 15) is 18.0 Å². The van der Waals surface area contributed by atoms with Crippen LogP contribution in [0.1, 0.15) is 24.0 Å². The average molecular weight is 366 g/mol. The fraction of sp³-hybridized carbons (Fsp3) is 0.444. The molecule has 140 valence electrons. The maximum Gasteiger partial charge on any atom is 0.417 e. The van der Waals surface area contributed by atoms with Gasteiger partial charge in [-0.2, -0.15) is 13.2 Å². The third-order valence-corrected chi connectivity index (χ3v) is 4.44. The highest BCUT2D eigenvalue weighted by molar-refractivity contribution is 5.78. The predicted octanol–water partition coefficient (Wildman–Crippen LogP) is 2.77. The van der Waals surface area contributed by atoms with Crippen molar-refractivity contribution in [3.05, 3.63) is 47.9 Å². The number of alkyl halides is 3. The van der Waals surface area contributed by atoms with Crippen molar-refractivity contribution in [2.45, 2.75) is 31.5 Å². The molecule has 5 nitrogen and oxygen atoms in total. The summed E-state index contributed by atoms with van der Waals surface area (Å²) >= 11 is 0. The Labute approximate surface area is 149 Å². The Kier molecular flexibility index (Phi) is 5.20. The molecular weight excluding hydrogens is 345 g/mol. The van der Waals surface area contributed by atoms with Crippen molar-refractivity contribution in [1.29, 1.82) is 0 Å². The van der Waals surface area contributed by atoms with Gasteiger partial charge in [0.05, 0.1) is 12.0 Å². The zero-order valence-electron chi connectivity index (χ0n) is 14.5. The van der Waals surface area contributed by atoms with Crippen LogP contribution in [-0.4, -0.2) is 34.6 Å². The van der Waals surface area contributed by atoms with E-state index in [0.29, 0.717) is 25.3 Å². The number of piperidine rings is 1. The number of carbonyl (C=O) groups is 1. The maximum atomic E-state index is 12.6. The molecule has 1 N–H and O–H groups in total. The summed E-state index contributed by atoms with van der Waals surface area (Å²) in [6.07, 6.45) is 2.26. The number of nitrogens with one attached hydrogen (secondary N) is 1. The lowest BCUT2D eigenvalue weighted by Crippen LogP contribution is -2.48. The highest BCUT2D eigenvalue weighted by Gasteiger charge is 2.31. The Morgan fingerprint density at radius 2 is 2.15 bits per heavy atom. The molecule has 0 aromatic carbocycles. The minimum absolute atomic E-state index is 0.0379. The van der Waals surface area contributed by atoms with Crippen LogP contribution in [-0.2, 0) is 24.4 Å². The van der Waals surface area contributed by atoms with Crippen molar-refractivity contribution in [3.63, 3.8) is 0 Å². The number of pyridine rings is 1. The van der Waals surface area contributed by atoms with E-state index < -0.39 is 11.7 Å². The van der Waals surface area contributed by atoms with E-state index in [4.69, 9.17) is 0 Å². The summed E-state index contributed by atoms with van der Waals surface area (Å²) in [6, 6.07) is 4.29. The molecule has 1 fully saturated rings. The van der Waals surface area contributed by atoms with Crippen LogP contribution in [0.4, 0.5) is 19.0 Å². The molecule has 8 heteroatoms. The van der Waals surface area contributed by atoms with Crippen LogP contribution in [0.3, 0.4) is 0 Å². The Hall–Kier alpha value is -2.51. The van der Waals surface area contributed by atoms with E-state index in [-0.39, 0.29) is 11.9 Å². The average Bonchev–Trinajstić information content (AvgIpc) is 2.99. The SMILES string of the molecule is Cn1ccc(CC(=O)NC2CCCN(c3ccc(C(F)(F)F)cn3)C2)c1. The molecule has 2 aromatic heterocycles. The molecule has 1 atom stereocenters. The molecule has 1 aliphatic heterocycles. The monoisotopic (exact) mass is 366 g/mol. The van der Waals surface area contributed by atoms with Crippen LogP contribution in [0, 0.1) is 0 Å². The predicted molar refractivity (Wildman–Crippen MR) is 91.7 cm³/mol. The molecule has 1 amide bonds. The Balaban J connectivity index is 1.57. The zero-order valence-corrected chi connectivity index (χ0v) is 14.5. The molecule has 1 aliphatic rings. The van der Waals surface area contributed by atoms with Gasteiger partial charge in [-0.15, -0.1) is 0 Å². The fourth-order valence-corrected chi connectivity index (χ4v) is 3.17. The molecule has 3 heterocycles. The molecule has 26 heavy (non-hydrogen) atoms. The number of anilines is 1. The van der Waals surface area contributed by atoms with Crippen molar-refractivity contribution in [2.75, 3.05) is 18.0 Å². The summed E-state index contributed by atoms with van der Waals surface area (Å²) in [6.45, 7) is 1.25. The van der Waals surface area contributed by atoms with Gasteiger partial charge in [0.2, 0.25) is 5.91 Å². The van der Waals surface area contributed by atoms with E-state index in [1.807, 2.05) is 35.0 Å². The number of nitrogens with zero attached hydrogens (tertiary/aromatic N) is 3. The first-order chi connectivity index (χ1) is 12.3. The van der Waals surface area contributed by atoms with Gasteiger partial charge in [0, 0.05) is 44.8 Å². The molecule has 1 saturated heterocycles. The second kappa shape index (κ2) is 7.39. The smallest absolute Gasteiger partial charge is 0.357 e. The van der Waals surface area contributed by atoms with Crippen molar-refractivity contribution in [2.24, 2.45) is 7.05 Å². The summed E-state index contributed by atoms with van der Waals surface area (Å²) in [7, 11) is 1.90. The number of carbonyl (C=O) groups excluding carboxylic acids is 1. The van der Waals surface area contributed by atoms with E-state index in [2.05, 4.69) is 10.3 Å². The van der Waals surface area contributed by atoms with Crippen LogP contribution >= 0.6 is 0 Å². The number of rotatable bonds is 4. The third-order valence-electron chi connectivity index (χ3n) is 4.44. The van der Waals surface area contributed by atoms with E-state index in [1.165, 1.54) is 6.07 Å². The maximum absolute atomic E-state index is 12.6. The highest BCUT2D eigenvalue weighted by Crippen LogP contribution is 2.29. The summed E-state index contributed by atoms with van der Waals surface area (Å²) in [5.74, 6) is 0.448. The molecule has 0 saturated carbocycles. The molecule has 0 aliphatic carbocycles. The lowest BCUT2D eigenvalue weighted by atomic mass is 10.0. The largest absolute Gasteiger partial charge is 0.417 e. The van der Waals surface area contributed by atoms with Crippen LogP contribution in [0.25, 0.3) is 0 Å². The van der Waals surface area contributed by atoms with Gasteiger partial charge < -0.3 is 14.8 Å². The second-order valence-corrected chi connectivity index (χ2v) is 6.62. The molecule has 3 rings (SSSR count). The van der Waals surface area contributed by atoms with Crippen molar-refractivity contribution in [1.82, 2.24) is 14.9 Å². The third kappa shape index (κ3) is 4.56. The van der Waals surface area contributed by atoms with Crippen molar-refractivity contribution in [3.8, 4) is 0 Å². The van der Waals surface area contributed by atoms with Gasteiger partial charge >= 0.3 is 6.18 Å². The number of amides is 1. The van der Waals surface area contributed by atoms with E-state index in [0.717, 1.165) is 30.7 Å². The van der Waals surface area contributed by atoms with Crippen LogP contribution in [0.5, 0.6) is 0 Å².